The molecule has 0 saturated carbocycles. The predicted octanol–water partition coefficient (Wildman–Crippen LogP) is 0.611. The lowest BCUT2D eigenvalue weighted by Gasteiger charge is -2.07. The smallest absolute Gasteiger partial charge is 0.343 e. The van der Waals surface area contributed by atoms with Crippen LogP contribution >= 0.6 is 0 Å². The lowest BCUT2D eigenvalue weighted by Crippen LogP contribution is -2.12. The highest BCUT2D eigenvalue weighted by Crippen LogP contribution is 2.18. The summed E-state index contributed by atoms with van der Waals surface area (Å²) in [5, 5.41) is 0. The lowest BCUT2D eigenvalue weighted by molar-refractivity contribution is 0.0600. The summed E-state index contributed by atoms with van der Waals surface area (Å²) in [6, 6.07) is 1.68. The zero-order valence-corrected chi connectivity index (χ0v) is 9.91. The molecule has 7 heteroatoms. The molecule has 2 aromatic heterocycles. The van der Waals surface area contributed by atoms with Gasteiger partial charge in [0.25, 0.3) is 0 Å². The minimum absolute atomic E-state index is 0.0526. The summed E-state index contributed by atoms with van der Waals surface area (Å²) in [4.78, 5) is 27.7. The number of aryl methyl sites for hydroxylation is 1. The van der Waals surface area contributed by atoms with Crippen molar-refractivity contribution in [2.45, 2.75) is 6.92 Å². The number of carbonyl (C=O) groups excluding carboxylic acids is 1. The molecule has 0 unspecified atom stereocenters. The number of carbonyl (C=O) groups is 1. The van der Waals surface area contributed by atoms with Crippen LogP contribution in [-0.4, -0.2) is 33.0 Å². The van der Waals surface area contributed by atoms with E-state index >= 15 is 0 Å². The van der Waals surface area contributed by atoms with Crippen LogP contribution in [-0.2, 0) is 4.74 Å². The molecule has 18 heavy (non-hydrogen) atoms. The van der Waals surface area contributed by atoms with Crippen molar-refractivity contribution in [1.82, 2.24) is 19.9 Å². The third-order valence-electron chi connectivity index (χ3n) is 2.27. The number of rotatable bonds is 2. The monoisotopic (exact) mass is 245 g/mol. The molecule has 92 valence electrons. The molecular weight excluding hydrogens is 234 g/mol. The van der Waals surface area contributed by atoms with Crippen LogP contribution < -0.4 is 5.73 Å². The maximum Gasteiger partial charge on any atom is 0.343 e. The Morgan fingerprint density at radius 3 is 2.44 bits per heavy atom. The van der Waals surface area contributed by atoms with E-state index in [0.29, 0.717) is 11.5 Å². The summed E-state index contributed by atoms with van der Waals surface area (Å²) in [6.07, 6.45) is 3.15. The molecule has 0 aliphatic heterocycles. The van der Waals surface area contributed by atoms with Gasteiger partial charge in [-0.25, -0.2) is 24.7 Å². The third-order valence-corrected chi connectivity index (χ3v) is 2.27. The highest BCUT2D eigenvalue weighted by Gasteiger charge is 2.18. The number of nitrogens with zero attached hydrogens (tertiary/aromatic N) is 4. The number of nitrogens with two attached hydrogens (primary N) is 1. The van der Waals surface area contributed by atoms with Gasteiger partial charge in [-0.2, -0.15) is 0 Å². The Hall–Kier alpha value is -2.57. The maximum absolute atomic E-state index is 11.5. The zero-order chi connectivity index (χ0) is 13.1. The summed E-state index contributed by atoms with van der Waals surface area (Å²) in [5.74, 6) is 0.115. The average molecular weight is 245 g/mol. The van der Waals surface area contributed by atoms with Crippen molar-refractivity contribution in [3.05, 3.63) is 29.7 Å². The summed E-state index contributed by atoms with van der Waals surface area (Å²) in [5.41, 5.74) is 6.32. The van der Waals surface area contributed by atoms with Gasteiger partial charge in [-0.15, -0.1) is 0 Å². The fourth-order valence-corrected chi connectivity index (χ4v) is 1.46. The van der Waals surface area contributed by atoms with Crippen molar-refractivity contribution < 1.29 is 9.53 Å². The van der Waals surface area contributed by atoms with Crippen molar-refractivity contribution in [3.8, 4) is 11.6 Å². The summed E-state index contributed by atoms with van der Waals surface area (Å²) < 4.78 is 4.61. The molecule has 0 aliphatic carbocycles. The highest BCUT2D eigenvalue weighted by atomic mass is 16.5. The number of esters is 1. The van der Waals surface area contributed by atoms with E-state index in [1.807, 2.05) is 0 Å². The molecule has 2 aromatic rings. The van der Waals surface area contributed by atoms with Crippen LogP contribution in [0.25, 0.3) is 11.6 Å². The van der Waals surface area contributed by atoms with Gasteiger partial charge in [-0.3, -0.25) is 0 Å². The Balaban J connectivity index is 2.53. The Kier molecular flexibility index (Phi) is 3.13. The quantitative estimate of drug-likeness (QED) is 0.773. The first-order valence-electron chi connectivity index (χ1n) is 5.13. The summed E-state index contributed by atoms with van der Waals surface area (Å²) in [6.45, 7) is 1.65. The first-order chi connectivity index (χ1) is 8.63. The molecule has 0 saturated heterocycles. The fraction of sp³-hybridized carbons (Fsp3) is 0.182. The van der Waals surface area contributed by atoms with Crippen molar-refractivity contribution in [3.63, 3.8) is 0 Å². The van der Waals surface area contributed by atoms with Gasteiger partial charge < -0.3 is 10.5 Å². The second-order valence-electron chi connectivity index (χ2n) is 3.46. The van der Waals surface area contributed by atoms with Crippen LogP contribution in [0.4, 0.5) is 5.82 Å². The van der Waals surface area contributed by atoms with Gasteiger partial charge in [0.1, 0.15) is 11.4 Å². The average Bonchev–Trinajstić information content (AvgIpc) is 2.38. The second-order valence-corrected chi connectivity index (χ2v) is 3.46. The molecule has 0 fully saturated rings. The van der Waals surface area contributed by atoms with Crippen LogP contribution in [0.5, 0.6) is 0 Å². The molecule has 0 atom stereocenters. The first kappa shape index (κ1) is 11.9. The molecule has 0 amide bonds. The van der Waals surface area contributed by atoms with Crippen molar-refractivity contribution in [2.75, 3.05) is 12.8 Å². The standard InChI is InChI=1S/C11H11N5O2/c1-6-7(11(17)18-2)8(12)16-10(15-6)9-13-4-3-5-14-9/h3-5H,1-2H3,(H2,12,15,16). The molecule has 0 aromatic carbocycles. The number of anilines is 1. The molecule has 2 N–H and O–H groups in total. The van der Waals surface area contributed by atoms with Crippen molar-refractivity contribution >= 4 is 11.8 Å². The Bertz CT molecular complexity index is 562. The van der Waals surface area contributed by atoms with Gasteiger partial charge in [0.2, 0.25) is 0 Å². The minimum atomic E-state index is -0.564. The molecule has 7 nitrogen and oxygen atoms in total. The molecule has 0 radical (unpaired) electrons. The molecule has 0 bridgehead atoms. The molecule has 2 heterocycles. The van der Waals surface area contributed by atoms with E-state index in [4.69, 9.17) is 5.73 Å². The molecule has 0 spiro atoms. The number of hydrogen-bond donors (Lipinski definition) is 1. The van der Waals surface area contributed by atoms with Gasteiger partial charge in [-0.1, -0.05) is 0 Å². The van der Waals surface area contributed by atoms with Crippen LogP contribution in [0.3, 0.4) is 0 Å². The van der Waals surface area contributed by atoms with E-state index in [0.717, 1.165) is 0 Å². The second kappa shape index (κ2) is 4.74. The Morgan fingerprint density at radius 2 is 1.89 bits per heavy atom. The number of ether oxygens (including phenoxy) is 1. The number of hydrogen-bond acceptors (Lipinski definition) is 7. The predicted molar refractivity (Wildman–Crippen MR) is 63.5 cm³/mol. The number of methoxy groups -OCH3 is 1. The van der Waals surface area contributed by atoms with Crippen molar-refractivity contribution in [2.24, 2.45) is 0 Å². The number of nitrogen functional groups attached to an aromatic ring is 1. The van der Waals surface area contributed by atoms with Gasteiger partial charge in [0, 0.05) is 12.4 Å². The summed E-state index contributed by atoms with van der Waals surface area (Å²) >= 11 is 0. The Morgan fingerprint density at radius 1 is 1.22 bits per heavy atom. The van der Waals surface area contributed by atoms with Gasteiger partial charge in [0.05, 0.1) is 12.8 Å². The zero-order valence-electron chi connectivity index (χ0n) is 9.91. The van der Waals surface area contributed by atoms with Crippen LogP contribution in [0.2, 0.25) is 0 Å². The van der Waals surface area contributed by atoms with E-state index in [1.165, 1.54) is 7.11 Å². The van der Waals surface area contributed by atoms with E-state index < -0.39 is 5.97 Å². The van der Waals surface area contributed by atoms with Crippen molar-refractivity contribution in [1.29, 1.82) is 0 Å². The maximum atomic E-state index is 11.5. The van der Waals surface area contributed by atoms with E-state index in [1.54, 1.807) is 25.4 Å². The van der Waals surface area contributed by atoms with E-state index in [2.05, 4.69) is 24.7 Å². The van der Waals surface area contributed by atoms with Crippen LogP contribution in [0.15, 0.2) is 18.5 Å². The van der Waals surface area contributed by atoms with Gasteiger partial charge in [0.15, 0.2) is 11.6 Å². The first-order valence-corrected chi connectivity index (χ1v) is 5.13. The SMILES string of the molecule is COC(=O)c1c(C)nc(-c2ncccn2)nc1N. The third kappa shape index (κ3) is 2.10. The van der Waals surface area contributed by atoms with Crippen LogP contribution in [0, 0.1) is 6.92 Å². The minimum Gasteiger partial charge on any atom is -0.465 e. The lowest BCUT2D eigenvalue weighted by atomic mass is 10.2. The normalized spacial score (nSPS) is 10.1. The Labute approximate surface area is 103 Å². The summed E-state index contributed by atoms with van der Waals surface area (Å²) in [7, 11) is 1.27. The number of aromatic nitrogens is 4. The van der Waals surface area contributed by atoms with Crippen LogP contribution in [0.1, 0.15) is 16.1 Å². The molecular formula is C11H11N5O2. The van der Waals surface area contributed by atoms with Gasteiger partial charge in [-0.05, 0) is 13.0 Å². The molecule has 2 rings (SSSR count). The van der Waals surface area contributed by atoms with E-state index in [-0.39, 0.29) is 17.2 Å². The fourth-order valence-electron chi connectivity index (χ4n) is 1.46. The van der Waals surface area contributed by atoms with Gasteiger partial charge >= 0.3 is 5.97 Å². The van der Waals surface area contributed by atoms with E-state index in [9.17, 15) is 4.79 Å². The molecule has 0 aliphatic rings. The largest absolute Gasteiger partial charge is 0.465 e. The highest BCUT2D eigenvalue weighted by molar-refractivity contribution is 5.95. The topological polar surface area (TPSA) is 104 Å².